The molecule has 2 aromatic rings. The van der Waals surface area contributed by atoms with E-state index in [1.807, 2.05) is 18.2 Å². The Balaban J connectivity index is 2.06. The molecule has 1 amide bonds. The number of amides is 1. The van der Waals surface area contributed by atoms with Crippen LogP contribution >= 0.6 is 0 Å². The highest BCUT2D eigenvalue weighted by Gasteiger charge is 2.24. The molecule has 1 aliphatic rings. The lowest BCUT2D eigenvalue weighted by Crippen LogP contribution is -2.20. The molecule has 0 saturated heterocycles. The number of anilines is 2. The monoisotopic (exact) mass is 229 g/mol. The molecule has 1 aromatic heterocycles. The van der Waals surface area contributed by atoms with E-state index in [1.165, 1.54) is 0 Å². The minimum atomic E-state index is 0.106. The van der Waals surface area contributed by atoms with E-state index in [1.54, 1.807) is 18.1 Å². The van der Waals surface area contributed by atoms with Crippen LogP contribution in [0.4, 0.5) is 11.7 Å². The van der Waals surface area contributed by atoms with Crippen molar-refractivity contribution < 1.29 is 9.21 Å². The van der Waals surface area contributed by atoms with Crippen molar-refractivity contribution in [3.63, 3.8) is 0 Å². The molecule has 1 aromatic carbocycles. The molecule has 0 aliphatic carbocycles. The van der Waals surface area contributed by atoms with E-state index >= 15 is 0 Å². The van der Waals surface area contributed by atoms with Gasteiger partial charge in [-0.2, -0.15) is 0 Å². The maximum absolute atomic E-state index is 11.6. The summed E-state index contributed by atoms with van der Waals surface area (Å²) in [5.41, 5.74) is 8.27. The summed E-state index contributed by atoms with van der Waals surface area (Å²) < 4.78 is 5.25. The van der Waals surface area contributed by atoms with Crippen LogP contribution in [-0.2, 0) is 11.2 Å². The first-order valence-corrected chi connectivity index (χ1v) is 5.26. The van der Waals surface area contributed by atoms with Crippen molar-refractivity contribution in [2.75, 3.05) is 17.7 Å². The van der Waals surface area contributed by atoms with E-state index < -0.39 is 0 Å². The average Bonchev–Trinajstić information content (AvgIpc) is 2.85. The lowest BCUT2D eigenvalue weighted by atomic mass is 10.1. The third-order valence-electron chi connectivity index (χ3n) is 2.96. The molecule has 0 fully saturated rings. The molecular formula is C12H11N3O2. The molecule has 5 nitrogen and oxygen atoms in total. The number of likely N-dealkylation sites (N-methyl/N-ethyl adjacent to an activating group) is 1. The molecule has 1 aliphatic heterocycles. The second-order valence-corrected chi connectivity index (χ2v) is 4.04. The third-order valence-corrected chi connectivity index (χ3v) is 2.96. The van der Waals surface area contributed by atoms with E-state index in [2.05, 4.69) is 4.98 Å². The number of carbonyl (C=O) groups excluding carboxylic acids is 1. The van der Waals surface area contributed by atoms with Gasteiger partial charge in [-0.25, -0.2) is 4.98 Å². The second kappa shape index (κ2) is 3.35. The zero-order valence-electron chi connectivity index (χ0n) is 9.30. The van der Waals surface area contributed by atoms with Gasteiger partial charge in [0.05, 0.1) is 12.6 Å². The van der Waals surface area contributed by atoms with Crippen LogP contribution in [0.15, 0.2) is 28.8 Å². The number of hydrogen-bond donors (Lipinski definition) is 1. The SMILES string of the molecule is CN1C(=O)Cc2cc(-c3cnc(N)o3)ccc21. The highest BCUT2D eigenvalue weighted by molar-refractivity contribution is 6.01. The molecule has 0 bridgehead atoms. The Morgan fingerprint density at radius 2 is 2.29 bits per heavy atom. The van der Waals surface area contributed by atoms with Gasteiger partial charge in [-0.15, -0.1) is 0 Å². The molecule has 0 atom stereocenters. The van der Waals surface area contributed by atoms with Crippen molar-refractivity contribution in [2.45, 2.75) is 6.42 Å². The van der Waals surface area contributed by atoms with Crippen LogP contribution in [0.1, 0.15) is 5.56 Å². The van der Waals surface area contributed by atoms with E-state index in [0.29, 0.717) is 12.2 Å². The Morgan fingerprint density at radius 1 is 1.47 bits per heavy atom. The Morgan fingerprint density at radius 3 is 3.00 bits per heavy atom. The minimum Gasteiger partial charge on any atom is -0.424 e. The van der Waals surface area contributed by atoms with Crippen LogP contribution in [0.3, 0.4) is 0 Å². The van der Waals surface area contributed by atoms with Gasteiger partial charge >= 0.3 is 0 Å². The van der Waals surface area contributed by atoms with Crippen LogP contribution in [0, 0.1) is 0 Å². The third kappa shape index (κ3) is 1.47. The van der Waals surface area contributed by atoms with E-state index in [9.17, 15) is 4.79 Å². The zero-order valence-corrected chi connectivity index (χ0v) is 9.30. The number of nitrogens with zero attached hydrogens (tertiary/aromatic N) is 2. The molecule has 2 N–H and O–H groups in total. The largest absolute Gasteiger partial charge is 0.424 e. The summed E-state index contributed by atoms with van der Waals surface area (Å²) in [6.45, 7) is 0. The maximum Gasteiger partial charge on any atom is 0.292 e. The van der Waals surface area contributed by atoms with Crippen molar-refractivity contribution in [3.8, 4) is 11.3 Å². The van der Waals surface area contributed by atoms with Gasteiger partial charge in [0.15, 0.2) is 5.76 Å². The van der Waals surface area contributed by atoms with Gasteiger partial charge in [0.25, 0.3) is 6.01 Å². The van der Waals surface area contributed by atoms with Crippen molar-refractivity contribution in [2.24, 2.45) is 0 Å². The number of rotatable bonds is 1. The number of aromatic nitrogens is 1. The van der Waals surface area contributed by atoms with Crippen molar-refractivity contribution in [1.29, 1.82) is 0 Å². The van der Waals surface area contributed by atoms with Crippen LogP contribution in [-0.4, -0.2) is 17.9 Å². The predicted molar refractivity (Wildman–Crippen MR) is 63.5 cm³/mol. The van der Waals surface area contributed by atoms with Gasteiger partial charge in [-0.05, 0) is 23.8 Å². The first-order chi connectivity index (χ1) is 8.15. The summed E-state index contributed by atoms with van der Waals surface area (Å²) in [6.07, 6.45) is 2.01. The Kier molecular flexibility index (Phi) is 1.95. The minimum absolute atomic E-state index is 0.106. The first kappa shape index (κ1) is 9.89. The first-order valence-electron chi connectivity index (χ1n) is 5.26. The summed E-state index contributed by atoms with van der Waals surface area (Å²) >= 11 is 0. The van der Waals surface area contributed by atoms with Crippen LogP contribution in [0.25, 0.3) is 11.3 Å². The number of benzene rings is 1. The Labute approximate surface area is 97.9 Å². The zero-order chi connectivity index (χ0) is 12.0. The van der Waals surface area contributed by atoms with E-state index in [0.717, 1.165) is 16.8 Å². The fourth-order valence-corrected chi connectivity index (χ4v) is 2.04. The fraction of sp³-hybridized carbons (Fsp3) is 0.167. The maximum atomic E-state index is 11.6. The Hall–Kier alpha value is -2.30. The predicted octanol–water partition coefficient (Wildman–Crippen LogP) is 1.44. The average molecular weight is 229 g/mol. The van der Waals surface area contributed by atoms with Gasteiger partial charge in [-0.1, -0.05) is 0 Å². The van der Waals surface area contributed by atoms with E-state index in [-0.39, 0.29) is 11.9 Å². The quantitative estimate of drug-likeness (QED) is 0.803. The van der Waals surface area contributed by atoms with Gasteiger partial charge in [0.1, 0.15) is 0 Å². The number of carbonyl (C=O) groups is 1. The number of fused-ring (bicyclic) bond motifs is 1. The van der Waals surface area contributed by atoms with Crippen LogP contribution in [0.2, 0.25) is 0 Å². The molecule has 2 heterocycles. The second-order valence-electron chi connectivity index (χ2n) is 4.04. The summed E-state index contributed by atoms with van der Waals surface area (Å²) in [7, 11) is 1.78. The molecule has 5 heteroatoms. The van der Waals surface area contributed by atoms with Gasteiger partial charge < -0.3 is 15.1 Å². The molecule has 0 saturated carbocycles. The molecule has 17 heavy (non-hydrogen) atoms. The molecule has 0 unspecified atom stereocenters. The Bertz CT molecular complexity index is 604. The molecule has 86 valence electrons. The van der Waals surface area contributed by atoms with Gasteiger partial charge in [0.2, 0.25) is 5.91 Å². The van der Waals surface area contributed by atoms with Crippen LogP contribution < -0.4 is 10.6 Å². The lowest BCUT2D eigenvalue weighted by molar-refractivity contribution is -0.117. The summed E-state index contributed by atoms with van der Waals surface area (Å²) in [4.78, 5) is 17.1. The van der Waals surface area contributed by atoms with E-state index in [4.69, 9.17) is 10.2 Å². The fourth-order valence-electron chi connectivity index (χ4n) is 2.04. The van der Waals surface area contributed by atoms with Crippen molar-refractivity contribution in [3.05, 3.63) is 30.0 Å². The summed E-state index contributed by atoms with van der Waals surface area (Å²) in [5, 5.41) is 0. The lowest BCUT2D eigenvalue weighted by Gasteiger charge is -2.09. The topological polar surface area (TPSA) is 72.4 Å². The molecule has 0 radical (unpaired) electrons. The standard InChI is InChI=1S/C12H11N3O2/c1-15-9-3-2-7(4-8(9)5-11(15)16)10-6-14-12(13)17-10/h2-4,6H,5H2,1H3,(H2,13,14). The number of nitrogen functional groups attached to an aromatic ring is 1. The van der Waals surface area contributed by atoms with Crippen molar-refractivity contribution >= 4 is 17.6 Å². The summed E-state index contributed by atoms with van der Waals surface area (Å²) in [5.74, 6) is 0.724. The normalized spacial score (nSPS) is 14.2. The van der Waals surface area contributed by atoms with Gasteiger partial charge in [-0.3, -0.25) is 4.79 Å². The summed E-state index contributed by atoms with van der Waals surface area (Å²) in [6, 6.07) is 5.90. The van der Waals surface area contributed by atoms with Gasteiger partial charge in [0, 0.05) is 18.3 Å². The number of oxazole rings is 1. The molecule has 0 spiro atoms. The number of hydrogen-bond acceptors (Lipinski definition) is 4. The highest BCUT2D eigenvalue weighted by Crippen LogP contribution is 2.32. The smallest absolute Gasteiger partial charge is 0.292 e. The molecular weight excluding hydrogens is 218 g/mol. The number of nitrogens with two attached hydrogens (primary N) is 1. The molecule has 3 rings (SSSR count). The highest BCUT2D eigenvalue weighted by atomic mass is 16.4. The van der Waals surface area contributed by atoms with Crippen molar-refractivity contribution in [1.82, 2.24) is 4.98 Å². The van der Waals surface area contributed by atoms with Crippen LogP contribution in [0.5, 0.6) is 0 Å².